The topological polar surface area (TPSA) is 58.5 Å². The van der Waals surface area contributed by atoms with Crippen molar-refractivity contribution in [3.63, 3.8) is 0 Å². The van der Waals surface area contributed by atoms with Gasteiger partial charge < -0.3 is 5.32 Å². The number of nitrogens with zero attached hydrogens (tertiary/aromatic N) is 1. The lowest BCUT2D eigenvalue weighted by Gasteiger charge is -2.06. The minimum atomic E-state index is -3.76. The Morgan fingerprint density at radius 1 is 1.00 bits per heavy atom. The van der Waals surface area contributed by atoms with Gasteiger partial charge in [0.2, 0.25) is 0 Å². The molecule has 20 heavy (non-hydrogen) atoms. The van der Waals surface area contributed by atoms with Crippen LogP contribution in [-0.2, 0) is 10.0 Å². The lowest BCUT2D eigenvalue weighted by Crippen LogP contribution is -2.11. The number of fused-ring (bicyclic) bond motifs is 1. The lowest BCUT2D eigenvalue weighted by atomic mass is 10.2. The molecule has 0 spiro atoms. The maximum absolute atomic E-state index is 13.1. The minimum Gasteiger partial charge on any atom is -0.339 e. The molecule has 4 nitrogen and oxygen atoms in total. The van der Waals surface area contributed by atoms with Crippen molar-refractivity contribution in [3.8, 4) is 0 Å². The Labute approximate surface area is 113 Å². The summed E-state index contributed by atoms with van der Waals surface area (Å²) in [6.45, 7) is 0. The van der Waals surface area contributed by atoms with Crippen LogP contribution < -0.4 is 5.32 Å². The predicted octanol–water partition coefficient (Wildman–Crippen LogP) is 2.53. The maximum atomic E-state index is 13.1. The van der Waals surface area contributed by atoms with Crippen molar-refractivity contribution in [2.24, 2.45) is 4.40 Å². The third-order valence-corrected chi connectivity index (χ3v) is 4.09. The van der Waals surface area contributed by atoms with Gasteiger partial charge in [-0.1, -0.05) is 12.1 Å². The summed E-state index contributed by atoms with van der Waals surface area (Å²) in [7, 11) is -3.76. The van der Waals surface area contributed by atoms with Crippen molar-refractivity contribution >= 4 is 21.5 Å². The molecule has 0 amide bonds. The number of sulfonamides is 1. The van der Waals surface area contributed by atoms with Crippen LogP contribution in [0.2, 0.25) is 0 Å². The van der Waals surface area contributed by atoms with Gasteiger partial charge in [0.25, 0.3) is 10.0 Å². The molecule has 0 fully saturated rings. The van der Waals surface area contributed by atoms with Crippen LogP contribution in [0.3, 0.4) is 0 Å². The summed E-state index contributed by atoms with van der Waals surface area (Å²) in [4.78, 5) is 0.0689. The van der Waals surface area contributed by atoms with E-state index in [0.29, 0.717) is 5.56 Å². The molecule has 0 saturated carbocycles. The minimum absolute atomic E-state index is 0.0469. The number of rotatable bonds is 1. The van der Waals surface area contributed by atoms with Crippen molar-refractivity contribution in [1.82, 2.24) is 0 Å². The summed E-state index contributed by atoms with van der Waals surface area (Å²) >= 11 is 0. The Hall–Kier alpha value is -2.28. The van der Waals surface area contributed by atoms with Crippen molar-refractivity contribution in [3.05, 3.63) is 59.7 Å². The standard InChI is InChI=1S/C13H8F2N2O2S/c14-8-5-9(15)7-10(6-8)16-13-11-3-1-2-4-12(11)20(18,19)17-13/h1-7H,(H,16,17). The Balaban J connectivity index is 2.04. The molecule has 0 aromatic heterocycles. The number of halogens is 2. The molecule has 1 aliphatic rings. The van der Waals surface area contributed by atoms with Gasteiger partial charge in [0.05, 0.1) is 0 Å². The molecule has 2 aromatic carbocycles. The maximum Gasteiger partial charge on any atom is 0.285 e. The van der Waals surface area contributed by atoms with Crippen LogP contribution in [0.4, 0.5) is 14.5 Å². The average molecular weight is 294 g/mol. The van der Waals surface area contributed by atoms with Gasteiger partial charge in [0, 0.05) is 17.3 Å². The molecule has 0 unspecified atom stereocenters. The molecule has 3 rings (SSSR count). The fourth-order valence-corrected chi connectivity index (χ4v) is 3.13. The highest BCUT2D eigenvalue weighted by atomic mass is 32.2. The summed E-state index contributed by atoms with van der Waals surface area (Å²) in [6, 6.07) is 9.07. The summed E-state index contributed by atoms with van der Waals surface area (Å²) in [5, 5.41) is 2.63. The predicted molar refractivity (Wildman–Crippen MR) is 70.1 cm³/mol. The smallest absolute Gasteiger partial charge is 0.285 e. The van der Waals surface area contributed by atoms with Crippen molar-refractivity contribution in [2.75, 3.05) is 5.32 Å². The Morgan fingerprint density at radius 2 is 1.65 bits per heavy atom. The molecule has 2 aromatic rings. The molecule has 102 valence electrons. The van der Waals surface area contributed by atoms with E-state index in [1.807, 2.05) is 0 Å². The van der Waals surface area contributed by atoms with Crippen LogP contribution in [-0.4, -0.2) is 14.3 Å². The molecule has 1 heterocycles. The van der Waals surface area contributed by atoms with Gasteiger partial charge in [0.15, 0.2) is 5.84 Å². The largest absolute Gasteiger partial charge is 0.339 e. The second-order valence-corrected chi connectivity index (χ2v) is 5.77. The molecule has 0 radical (unpaired) electrons. The van der Waals surface area contributed by atoms with E-state index < -0.39 is 21.7 Å². The van der Waals surface area contributed by atoms with E-state index in [1.165, 1.54) is 6.07 Å². The van der Waals surface area contributed by atoms with E-state index in [-0.39, 0.29) is 16.4 Å². The first kappa shape index (κ1) is 12.7. The number of nitrogens with one attached hydrogen (secondary N) is 1. The summed E-state index contributed by atoms with van der Waals surface area (Å²) in [5.74, 6) is -1.48. The van der Waals surface area contributed by atoms with Crippen molar-refractivity contribution in [2.45, 2.75) is 4.90 Å². The van der Waals surface area contributed by atoms with Crippen LogP contribution in [0, 0.1) is 11.6 Å². The molecule has 7 heteroatoms. The number of benzene rings is 2. The van der Waals surface area contributed by atoms with Crippen LogP contribution in [0.25, 0.3) is 0 Å². The zero-order chi connectivity index (χ0) is 14.3. The lowest BCUT2D eigenvalue weighted by molar-refractivity contribution is 0.584. The highest BCUT2D eigenvalue weighted by molar-refractivity contribution is 7.90. The number of amidine groups is 1. The quantitative estimate of drug-likeness (QED) is 0.879. The summed E-state index contributed by atoms with van der Waals surface area (Å²) in [5.41, 5.74) is 0.463. The highest BCUT2D eigenvalue weighted by Crippen LogP contribution is 2.26. The van der Waals surface area contributed by atoms with E-state index in [4.69, 9.17) is 0 Å². The van der Waals surface area contributed by atoms with Gasteiger partial charge in [-0.05, 0) is 24.3 Å². The summed E-state index contributed by atoms with van der Waals surface area (Å²) < 4.78 is 53.4. The van der Waals surface area contributed by atoms with Crippen LogP contribution in [0.15, 0.2) is 51.8 Å². The zero-order valence-electron chi connectivity index (χ0n) is 9.97. The van der Waals surface area contributed by atoms with Gasteiger partial charge in [-0.3, -0.25) is 0 Å². The average Bonchev–Trinajstić information content (AvgIpc) is 2.60. The Morgan fingerprint density at radius 3 is 2.35 bits per heavy atom. The number of hydrogen-bond donors (Lipinski definition) is 1. The van der Waals surface area contributed by atoms with E-state index in [2.05, 4.69) is 9.71 Å². The molecule has 0 atom stereocenters. The zero-order valence-corrected chi connectivity index (χ0v) is 10.8. The van der Waals surface area contributed by atoms with Crippen LogP contribution in [0.5, 0.6) is 0 Å². The number of hydrogen-bond acceptors (Lipinski definition) is 3. The van der Waals surface area contributed by atoms with Gasteiger partial charge >= 0.3 is 0 Å². The highest BCUT2D eigenvalue weighted by Gasteiger charge is 2.28. The van der Waals surface area contributed by atoms with E-state index in [0.717, 1.165) is 18.2 Å². The van der Waals surface area contributed by atoms with Crippen LogP contribution >= 0.6 is 0 Å². The van der Waals surface area contributed by atoms with Crippen molar-refractivity contribution < 1.29 is 17.2 Å². The Kier molecular flexibility index (Phi) is 2.79. The van der Waals surface area contributed by atoms with E-state index >= 15 is 0 Å². The fourth-order valence-electron chi connectivity index (χ4n) is 1.96. The van der Waals surface area contributed by atoms with Gasteiger partial charge in [-0.2, -0.15) is 8.42 Å². The molecule has 0 aliphatic carbocycles. The van der Waals surface area contributed by atoms with Gasteiger partial charge in [-0.15, -0.1) is 4.40 Å². The summed E-state index contributed by atoms with van der Waals surface area (Å²) in [6.07, 6.45) is 0. The molecular formula is C13H8F2N2O2S. The second kappa shape index (κ2) is 4.38. The van der Waals surface area contributed by atoms with Crippen LogP contribution in [0.1, 0.15) is 5.56 Å². The monoisotopic (exact) mass is 294 g/mol. The molecule has 1 aliphatic heterocycles. The van der Waals surface area contributed by atoms with E-state index in [1.54, 1.807) is 18.2 Å². The second-order valence-electron chi connectivity index (χ2n) is 4.19. The van der Waals surface area contributed by atoms with Gasteiger partial charge in [0.1, 0.15) is 16.5 Å². The fraction of sp³-hybridized carbons (Fsp3) is 0. The SMILES string of the molecule is O=S1(=O)N=C(Nc2cc(F)cc(F)c2)c2ccccc21. The Bertz CT molecular complexity index is 812. The molecule has 0 saturated heterocycles. The third-order valence-electron chi connectivity index (χ3n) is 2.76. The normalized spacial score (nSPS) is 15.6. The first-order chi connectivity index (χ1) is 9.45. The first-order valence-electron chi connectivity index (χ1n) is 5.63. The third kappa shape index (κ3) is 2.16. The molecular weight excluding hydrogens is 286 g/mol. The van der Waals surface area contributed by atoms with Crippen molar-refractivity contribution in [1.29, 1.82) is 0 Å². The first-order valence-corrected chi connectivity index (χ1v) is 7.07. The molecule has 0 bridgehead atoms. The molecule has 1 N–H and O–H groups in total. The number of anilines is 1. The van der Waals surface area contributed by atoms with Gasteiger partial charge in [-0.25, -0.2) is 8.78 Å². The van der Waals surface area contributed by atoms with E-state index in [9.17, 15) is 17.2 Å².